The molecule has 0 atom stereocenters. The van der Waals surface area contributed by atoms with Crippen molar-refractivity contribution in [3.05, 3.63) is 12.3 Å². The van der Waals surface area contributed by atoms with Crippen LogP contribution in [-0.4, -0.2) is 23.2 Å². The first-order chi connectivity index (χ1) is 4.11. The smallest absolute Gasteiger partial charge is 0.311 e. The van der Waals surface area contributed by atoms with Crippen molar-refractivity contribution in [3.63, 3.8) is 0 Å². The maximum Gasteiger partial charge on any atom is 0.311 e. The van der Waals surface area contributed by atoms with Crippen LogP contribution in [0.4, 0.5) is 0 Å². The van der Waals surface area contributed by atoms with Gasteiger partial charge in [0.1, 0.15) is 0 Å². The van der Waals surface area contributed by atoms with Crippen LogP contribution in [0.1, 0.15) is 0 Å². The summed E-state index contributed by atoms with van der Waals surface area (Å²) >= 11 is 0. The highest BCUT2D eigenvalue weighted by Gasteiger charge is 2.08. The van der Waals surface area contributed by atoms with Crippen molar-refractivity contribution >= 4 is 10.1 Å². The summed E-state index contributed by atoms with van der Waals surface area (Å²) in [6.07, 6.45) is 1.24. The molecule has 6 nitrogen and oxygen atoms in total. The molecule has 0 saturated carbocycles. The van der Waals surface area contributed by atoms with E-state index in [1.807, 2.05) is 0 Å². The summed E-state index contributed by atoms with van der Waals surface area (Å²) in [5, 5.41) is 5.12. The van der Waals surface area contributed by atoms with E-state index in [9.17, 15) is 8.42 Å². The number of nitrogens with one attached hydrogen (secondary N) is 1. The number of aromatic amines is 1. The molecular formula is C3H7N3O3S. The Balaban J connectivity index is 0.000000810. The number of nitrogens with zero attached hydrogens (tertiary/aromatic N) is 1. The zero-order valence-corrected chi connectivity index (χ0v) is 5.80. The lowest BCUT2D eigenvalue weighted by molar-refractivity contribution is 0.479. The average molecular weight is 165 g/mol. The molecular weight excluding hydrogens is 158 g/mol. The van der Waals surface area contributed by atoms with E-state index >= 15 is 0 Å². The van der Waals surface area contributed by atoms with Crippen molar-refractivity contribution in [2.24, 2.45) is 0 Å². The lowest BCUT2D eigenvalue weighted by Crippen LogP contribution is -1.97. The molecule has 58 valence electrons. The highest BCUT2D eigenvalue weighted by Crippen LogP contribution is 1.99. The van der Waals surface area contributed by atoms with Crippen LogP contribution in [0, 0.1) is 0 Å². The quantitative estimate of drug-likeness (QED) is 0.499. The molecule has 7 heteroatoms. The summed E-state index contributed by atoms with van der Waals surface area (Å²) in [5.74, 6) is 0. The van der Waals surface area contributed by atoms with Gasteiger partial charge in [0.25, 0.3) is 0 Å². The largest absolute Gasteiger partial charge is 0.344 e. The fraction of sp³-hybridized carbons (Fsp3) is 0. The van der Waals surface area contributed by atoms with Gasteiger partial charge in [-0.05, 0) is 6.07 Å². The topological polar surface area (TPSA) is 118 Å². The molecule has 0 amide bonds. The predicted octanol–water partition coefficient (Wildman–Crippen LogP) is -0.182. The van der Waals surface area contributed by atoms with Gasteiger partial charge in [-0.1, -0.05) is 0 Å². The maximum atomic E-state index is 10.2. The Bertz CT molecular complexity index is 276. The summed E-state index contributed by atoms with van der Waals surface area (Å²) in [7, 11) is -4.08. The fourth-order valence-corrected chi connectivity index (χ4v) is 0.788. The highest BCUT2D eigenvalue weighted by atomic mass is 32.2. The van der Waals surface area contributed by atoms with Crippen molar-refractivity contribution < 1.29 is 13.0 Å². The lowest BCUT2D eigenvalue weighted by Gasteiger charge is -1.85. The van der Waals surface area contributed by atoms with E-state index in [0.29, 0.717) is 0 Å². The van der Waals surface area contributed by atoms with Crippen LogP contribution in [0.5, 0.6) is 0 Å². The molecule has 0 aliphatic heterocycles. The predicted molar refractivity (Wildman–Crippen MR) is 33.4 cm³/mol. The van der Waals surface area contributed by atoms with Gasteiger partial charge in [0.05, 0.1) is 6.20 Å². The standard InChI is InChI=1S/C3H4N2O3S.H3N/c6-9(7,8)3-1-2-4-5-3;/h1-2H,(H,4,5)(H,6,7,8);1H3. The summed E-state index contributed by atoms with van der Waals surface area (Å²) in [4.78, 5) is 0. The molecule has 0 unspecified atom stereocenters. The van der Waals surface area contributed by atoms with E-state index in [1.54, 1.807) is 0 Å². The SMILES string of the molecule is N.O=S(=O)(O)c1ccn[nH]1. The van der Waals surface area contributed by atoms with Gasteiger partial charge >= 0.3 is 10.1 Å². The van der Waals surface area contributed by atoms with Crippen molar-refractivity contribution in [1.29, 1.82) is 0 Å². The summed E-state index contributed by atoms with van der Waals surface area (Å²) < 4.78 is 28.6. The van der Waals surface area contributed by atoms with Crippen molar-refractivity contribution in [2.75, 3.05) is 0 Å². The Labute approximate surface area is 57.6 Å². The van der Waals surface area contributed by atoms with Crippen LogP contribution in [0.3, 0.4) is 0 Å². The number of hydrogen-bond donors (Lipinski definition) is 3. The van der Waals surface area contributed by atoms with Crippen molar-refractivity contribution in [1.82, 2.24) is 16.3 Å². The molecule has 1 heterocycles. The molecule has 1 aromatic rings. The molecule has 0 aliphatic carbocycles. The Morgan fingerprint density at radius 1 is 1.60 bits per heavy atom. The maximum absolute atomic E-state index is 10.2. The van der Waals surface area contributed by atoms with Crippen LogP contribution in [0.2, 0.25) is 0 Å². The first kappa shape index (κ1) is 9.08. The molecule has 5 N–H and O–H groups in total. The second-order valence-corrected chi connectivity index (χ2v) is 2.79. The Hall–Kier alpha value is -0.920. The number of hydrogen-bond acceptors (Lipinski definition) is 4. The molecule has 0 aromatic carbocycles. The van der Waals surface area contributed by atoms with Crippen LogP contribution < -0.4 is 6.15 Å². The Kier molecular flexibility index (Phi) is 2.52. The van der Waals surface area contributed by atoms with Gasteiger partial charge < -0.3 is 6.15 Å². The minimum Gasteiger partial charge on any atom is -0.344 e. The highest BCUT2D eigenvalue weighted by molar-refractivity contribution is 7.85. The third kappa shape index (κ3) is 1.79. The summed E-state index contributed by atoms with van der Waals surface area (Å²) in [6.45, 7) is 0. The van der Waals surface area contributed by atoms with E-state index in [0.717, 1.165) is 6.07 Å². The van der Waals surface area contributed by atoms with E-state index in [4.69, 9.17) is 4.55 Å². The monoisotopic (exact) mass is 165 g/mol. The Morgan fingerprint density at radius 2 is 2.20 bits per heavy atom. The minimum atomic E-state index is -4.08. The molecule has 0 radical (unpaired) electrons. The number of H-pyrrole nitrogens is 1. The molecule has 0 bridgehead atoms. The van der Waals surface area contributed by atoms with Crippen LogP contribution >= 0.6 is 0 Å². The van der Waals surface area contributed by atoms with Crippen LogP contribution in [-0.2, 0) is 10.1 Å². The number of aromatic nitrogens is 2. The second-order valence-electron chi connectivity index (χ2n) is 1.40. The average Bonchev–Trinajstić information content (AvgIpc) is 2.08. The molecule has 0 aliphatic rings. The van der Waals surface area contributed by atoms with Crippen molar-refractivity contribution in [2.45, 2.75) is 5.03 Å². The van der Waals surface area contributed by atoms with Gasteiger partial charge in [0.15, 0.2) is 5.03 Å². The van der Waals surface area contributed by atoms with E-state index in [2.05, 4.69) is 10.2 Å². The summed E-state index contributed by atoms with van der Waals surface area (Å²) in [6, 6.07) is 1.16. The minimum absolute atomic E-state index is 0. The van der Waals surface area contributed by atoms with E-state index in [-0.39, 0.29) is 11.2 Å². The zero-order chi connectivity index (χ0) is 6.91. The molecule has 0 spiro atoms. The third-order valence-electron chi connectivity index (χ3n) is 0.753. The zero-order valence-electron chi connectivity index (χ0n) is 4.98. The first-order valence-electron chi connectivity index (χ1n) is 2.07. The van der Waals surface area contributed by atoms with Crippen LogP contribution in [0.15, 0.2) is 17.3 Å². The second kappa shape index (κ2) is 2.78. The van der Waals surface area contributed by atoms with Gasteiger partial charge in [-0.25, -0.2) is 0 Å². The molecule has 0 saturated heterocycles. The molecule has 10 heavy (non-hydrogen) atoms. The molecule has 1 rings (SSSR count). The van der Waals surface area contributed by atoms with E-state index in [1.165, 1.54) is 6.20 Å². The van der Waals surface area contributed by atoms with Crippen molar-refractivity contribution in [3.8, 4) is 0 Å². The van der Waals surface area contributed by atoms with Gasteiger partial charge in [-0.3, -0.25) is 9.65 Å². The van der Waals surface area contributed by atoms with Gasteiger partial charge in [-0.15, -0.1) is 0 Å². The van der Waals surface area contributed by atoms with Gasteiger partial charge in [0, 0.05) is 0 Å². The first-order valence-corrected chi connectivity index (χ1v) is 3.51. The summed E-state index contributed by atoms with van der Waals surface area (Å²) in [5.41, 5.74) is 0. The normalized spacial score (nSPS) is 10.5. The van der Waals surface area contributed by atoms with Gasteiger partial charge in [-0.2, -0.15) is 13.5 Å². The fourth-order valence-electron chi connectivity index (χ4n) is 0.387. The van der Waals surface area contributed by atoms with Gasteiger partial charge in [0.2, 0.25) is 0 Å². The number of rotatable bonds is 1. The molecule has 0 fully saturated rings. The molecule has 1 aromatic heterocycles. The van der Waals surface area contributed by atoms with Crippen LogP contribution in [0.25, 0.3) is 0 Å². The van der Waals surface area contributed by atoms with E-state index < -0.39 is 10.1 Å². The lowest BCUT2D eigenvalue weighted by atomic mass is 10.8. The third-order valence-corrected chi connectivity index (χ3v) is 1.54. The Morgan fingerprint density at radius 3 is 2.40 bits per heavy atom.